The fourth-order valence-electron chi connectivity index (χ4n) is 3.04. The lowest BCUT2D eigenvalue weighted by Crippen LogP contribution is -2.59. The Morgan fingerprint density at radius 2 is 1.79 bits per heavy atom. The van der Waals surface area contributed by atoms with Crippen molar-refractivity contribution >= 4 is 6.09 Å². The Labute approximate surface area is 162 Å². The minimum absolute atomic E-state index is 0.0619. The Kier molecular flexibility index (Phi) is 5.43. The number of hydrogen-bond acceptors (Lipinski definition) is 3. The molecule has 2 heterocycles. The summed E-state index contributed by atoms with van der Waals surface area (Å²) in [7, 11) is 0. The highest BCUT2D eigenvalue weighted by Crippen LogP contribution is 2.29. The van der Waals surface area contributed by atoms with Gasteiger partial charge in [0.1, 0.15) is 5.60 Å². The van der Waals surface area contributed by atoms with Crippen LogP contribution in [-0.2, 0) is 17.5 Å². The zero-order valence-corrected chi connectivity index (χ0v) is 16.1. The molecule has 3 rings (SSSR count). The molecular formula is C20H24F3N3O2. The van der Waals surface area contributed by atoms with Crippen LogP contribution < -0.4 is 5.32 Å². The summed E-state index contributed by atoms with van der Waals surface area (Å²) in [6.45, 7) is 7.62. The Bertz CT molecular complexity index is 816. The predicted molar refractivity (Wildman–Crippen MR) is 99.2 cm³/mol. The van der Waals surface area contributed by atoms with E-state index >= 15 is 0 Å². The zero-order chi connectivity index (χ0) is 20.5. The van der Waals surface area contributed by atoms with Crippen molar-refractivity contribution in [3.8, 4) is 5.69 Å². The van der Waals surface area contributed by atoms with Crippen LogP contribution in [0.15, 0.2) is 42.7 Å². The summed E-state index contributed by atoms with van der Waals surface area (Å²) >= 11 is 0. The predicted octanol–water partition coefficient (Wildman–Crippen LogP) is 4.21. The van der Waals surface area contributed by atoms with Crippen molar-refractivity contribution in [2.75, 3.05) is 13.1 Å². The molecule has 1 saturated heterocycles. The third kappa shape index (κ3) is 5.28. The number of nitrogens with zero attached hydrogens (tertiary/aromatic N) is 2. The second kappa shape index (κ2) is 7.50. The number of carbonyl (C=O) groups is 1. The number of halogens is 3. The van der Waals surface area contributed by atoms with E-state index < -0.39 is 23.4 Å². The number of likely N-dealkylation sites (tertiary alicyclic amines) is 1. The summed E-state index contributed by atoms with van der Waals surface area (Å²) in [5.74, 6) is 0. The van der Waals surface area contributed by atoms with Crippen molar-refractivity contribution in [2.24, 2.45) is 0 Å². The molecular weight excluding hydrogens is 371 g/mol. The van der Waals surface area contributed by atoms with Crippen LogP contribution in [0, 0.1) is 0 Å². The molecule has 1 aliphatic rings. The highest BCUT2D eigenvalue weighted by Gasteiger charge is 2.31. The molecule has 1 amide bonds. The number of aromatic nitrogens is 1. The van der Waals surface area contributed by atoms with Gasteiger partial charge in [-0.15, -0.1) is 0 Å². The van der Waals surface area contributed by atoms with Crippen molar-refractivity contribution in [1.82, 2.24) is 14.8 Å². The van der Waals surface area contributed by atoms with Gasteiger partial charge in [0.2, 0.25) is 0 Å². The Morgan fingerprint density at radius 3 is 2.36 bits per heavy atom. The van der Waals surface area contributed by atoms with E-state index in [2.05, 4.69) is 10.2 Å². The Morgan fingerprint density at radius 1 is 1.14 bits per heavy atom. The van der Waals surface area contributed by atoms with Gasteiger partial charge in [0, 0.05) is 37.7 Å². The molecule has 5 nitrogen and oxygen atoms in total. The first-order valence-corrected chi connectivity index (χ1v) is 9.06. The lowest BCUT2D eigenvalue weighted by molar-refractivity contribution is -0.137. The number of ether oxygens (including phenoxy) is 1. The summed E-state index contributed by atoms with van der Waals surface area (Å²) in [6, 6.07) is 7.07. The minimum Gasteiger partial charge on any atom is -0.444 e. The smallest absolute Gasteiger partial charge is 0.416 e. The van der Waals surface area contributed by atoms with Gasteiger partial charge in [0.25, 0.3) is 0 Å². The number of nitrogens with one attached hydrogen (secondary N) is 1. The Hall–Kier alpha value is -2.48. The van der Waals surface area contributed by atoms with Gasteiger partial charge in [-0.1, -0.05) is 0 Å². The van der Waals surface area contributed by atoms with Crippen LogP contribution in [-0.4, -0.2) is 40.3 Å². The fraction of sp³-hybridized carbons (Fsp3) is 0.450. The molecule has 0 unspecified atom stereocenters. The lowest BCUT2D eigenvalue weighted by Gasteiger charge is -2.39. The average Bonchev–Trinajstić information content (AvgIpc) is 2.99. The second-order valence-corrected chi connectivity index (χ2v) is 8.01. The molecule has 1 fully saturated rings. The average molecular weight is 395 g/mol. The van der Waals surface area contributed by atoms with Crippen molar-refractivity contribution in [3.05, 3.63) is 53.9 Å². The van der Waals surface area contributed by atoms with Crippen LogP contribution in [0.3, 0.4) is 0 Å². The van der Waals surface area contributed by atoms with Crippen molar-refractivity contribution < 1.29 is 22.7 Å². The van der Waals surface area contributed by atoms with Gasteiger partial charge in [-0.2, -0.15) is 13.2 Å². The number of hydrogen-bond donors (Lipinski definition) is 1. The van der Waals surface area contributed by atoms with E-state index in [0.29, 0.717) is 12.2 Å². The lowest BCUT2D eigenvalue weighted by atomic mass is 10.1. The first-order chi connectivity index (χ1) is 13.0. The number of amides is 1. The second-order valence-electron chi connectivity index (χ2n) is 8.01. The molecule has 0 atom stereocenters. The first-order valence-electron chi connectivity index (χ1n) is 9.06. The molecule has 1 N–H and O–H groups in total. The molecule has 1 aliphatic heterocycles. The summed E-state index contributed by atoms with van der Waals surface area (Å²) < 4.78 is 45.0. The standard InChI is InChI=1S/C20H24F3N3O2/c1-19(2,3)28-18(27)24-16-12-25(13-16)10-14-8-9-26(11-14)17-6-4-15(5-7-17)20(21,22)23/h4-9,11,16H,10,12-13H2,1-3H3,(H,24,27). The van der Waals surface area contributed by atoms with E-state index in [-0.39, 0.29) is 6.04 Å². The summed E-state index contributed by atoms with van der Waals surface area (Å²) in [6.07, 6.45) is -1.02. The van der Waals surface area contributed by atoms with E-state index in [1.807, 2.05) is 39.2 Å². The van der Waals surface area contributed by atoms with Crippen LogP contribution in [0.25, 0.3) is 5.69 Å². The third-order valence-electron chi connectivity index (χ3n) is 4.33. The maximum Gasteiger partial charge on any atom is 0.416 e. The van der Waals surface area contributed by atoms with Crippen LogP contribution in [0.2, 0.25) is 0 Å². The SMILES string of the molecule is CC(C)(C)OC(=O)NC1CN(Cc2ccn(-c3ccc(C(F)(F)F)cc3)c2)C1. The van der Waals surface area contributed by atoms with Gasteiger partial charge < -0.3 is 14.6 Å². The van der Waals surface area contributed by atoms with Crippen LogP contribution in [0.4, 0.5) is 18.0 Å². The normalized spacial score (nSPS) is 15.9. The zero-order valence-electron chi connectivity index (χ0n) is 16.1. The minimum atomic E-state index is -4.33. The van der Waals surface area contributed by atoms with Gasteiger partial charge in [-0.05, 0) is 56.7 Å². The summed E-state index contributed by atoms with van der Waals surface area (Å²) in [5, 5.41) is 2.84. The van der Waals surface area contributed by atoms with E-state index in [0.717, 1.165) is 30.8 Å². The maximum atomic E-state index is 12.7. The molecule has 0 bridgehead atoms. The number of rotatable bonds is 4. The van der Waals surface area contributed by atoms with Crippen LogP contribution >= 0.6 is 0 Å². The molecule has 0 aliphatic carbocycles. The van der Waals surface area contributed by atoms with E-state index in [1.54, 1.807) is 4.57 Å². The van der Waals surface area contributed by atoms with Crippen molar-refractivity contribution in [1.29, 1.82) is 0 Å². The highest BCUT2D eigenvalue weighted by atomic mass is 19.4. The van der Waals surface area contributed by atoms with Gasteiger partial charge in [0.05, 0.1) is 11.6 Å². The number of carbonyl (C=O) groups excluding carboxylic acids is 1. The highest BCUT2D eigenvalue weighted by molar-refractivity contribution is 5.68. The van der Waals surface area contributed by atoms with Crippen LogP contribution in [0.5, 0.6) is 0 Å². The number of alkyl carbamates (subject to hydrolysis) is 1. The first kappa shape index (κ1) is 20.3. The topological polar surface area (TPSA) is 46.5 Å². The summed E-state index contributed by atoms with van der Waals surface area (Å²) in [4.78, 5) is 13.9. The molecule has 0 radical (unpaired) electrons. The molecule has 0 saturated carbocycles. The quantitative estimate of drug-likeness (QED) is 0.844. The largest absolute Gasteiger partial charge is 0.444 e. The molecule has 0 spiro atoms. The molecule has 8 heteroatoms. The molecule has 2 aromatic rings. The molecule has 1 aromatic carbocycles. The van der Waals surface area contributed by atoms with Gasteiger partial charge in [0.15, 0.2) is 0 Å². The number of benzene rings is 1. The van der Waals surface area contributed by atoms with Crippen molar-refractivity contribution in [3.63, 3.8) is 0 Å². The van der Waals surface area contributed by atoms with E-state index in [9.17, 15) is 18.0 Å². The van der Waals surface area contributed by atoms with Crippen molar-refractivity contribution in [2.45, 2.75) is 45.1 Å². The number of alkyl halides is 3. The summed E-state index contributed by atoms with van der Waals surface area (Å²) in [5.41, 5.74) is 0.546. The maximum absolute atomic E-state index is 12.7. The monoisotopic (exact) mass is 395 g/mol. The Balaban J connectivity index is 1.49. The van der Waals surface area contributed by atoms with E-state index in [4.69, 9.17) is 4.74 Å². The molecule has 152 valence electrons. The fourth-order valence-corrected chi connectivity index (χ4v) is 3.04. The molecule has 28 heavy (non-hydrogen) atoms. The molecule has 1 aromatic heterocycles. The third-order valence-corrected chi connectivity index (χ3v) is 4.33. The van der Waals surface area contributed by atoms with E-state index in [1.165, 1.54) is 12.1 Å². The van der Waals surface area contributed by atoms with Gasteiger partial charge >= 0.3 is 12.3 Å². The van der Waals surface area contributed by atoms with Gasteiger partial charge in [-0.3, -0.25) is 4.90 Å². The van der Waals surface area contributed by atoms with Gasteiger partial charge in [-0.25, -0.2) is 4.79 Å². The van der Waals surface area contributed by atoms with Crippen LogP contribution in [0.1, 0.15) is 31.9 Å².